The molecule has 0 aliphatic carbocycles. The summed E-state index contributed by atoms with van der Waals surface area (Å²) in [5.74, 6) is 0.340. The number of hydrogen-bond acceptors (Lipinski definition) is 2. The molecular formula is C5H6O2Te. The van der Waals surface area contributed by atoms with Crippen LogP contribution in [0.15, 0.2) is 0 Å². The molecule has 0 aromatic rings. The van der Waals surface area contributed by atoms with Crippen LogP contribution in [0.1, 0.15) is 6.42 Å². The van der Waals surface area contributed by atoms with Crippen LogP contribution in [0.3, 0.4) is 0 Å². The Hall–Kier alpha value is 0.130. The SMILES string of the molecule is O=C1C[Te]CC(=O)C1. The van der Waals surface area contributed by atoms with Crippen LogP contribution in [0.25, 0.3) is 0 Å². The van der Waals surface area contributed by atoms with Crippen molar-refractivity contribution in [3.63, 3.8) is 0 Å². The minimum atomic E-state index is -0.218. The van der Waals surface area contributed by atoms with E-state index in [9.17, 15) is 9.59 Å². The fourth-order valence-electron chi connectivity index (χ4n) is 0.601. The summed E-state index contributed by atoms with van der Waals surface area (Å²) < 4.78 is 1.49. The third-order valence-corrected chi connectivity index (χ3v) is 3.92. The molecule has 0 amide bonds. The van der Waals surface area contributed by atoms with Gasteiger partial charge < -0.3 is 0 Å². The Morgan fingerprint density at radius 3 is 1.88 bits per heavy atom. The van der Waals surface area contributed by atoms with Gasteiger partial charge in [0, 0.05) is 0 Å². The Morgan fingerprint density at radius 1 is 1.12 bits per heavy atom. The summed E-state index contributed by atoms with van der Waals surface area (Å²) in [7, 11) is 0. The Bertz CT molecular complexity index is 116. The second-order valence-electron chi connectivity index (χ2n) is 1.75. The van der Waals surface area contributed by atoms with Gasteiger partial charge in [-0.1, -0.05) is 0 Å². The number of carbonyl (C=O) groups is 2. The average Bonchev–Trinajstić information content (AvgIpc) is 1.64. The Kier molecular flexibility index (Phi) is 2.04. The van der Waals surface area contributed by atoms with Crippen molar-refractivity contribution in [3.05, 3.63) is 0 Å². The van der Waals surface area contributed by atoms with Crippen LogP contribution in [-0.2, 0) is 9.59 Å². The summed E-state index contributed by atoms with van der Waals surface area (Å²) in [6, 6.07) is 0. The number of Topliss-reactive ketones (excluding diaryl/α,β-unsaturated/α-hetero) is 2. The molecule has 1 aliphatic heterocycles. The third kappa shape index (κ3) is 1.57. The molecule has 0 unspecified atom stereocenters. The first kappa shape index (κ1) is 6.25. The van der Waals surface area contributed by atoms with Crippen LogP contribution in [0.2, 0.25) is 8.94 Å². The van der Waals surface area contributed by atoms with Crippen molar-refractivity contribution < 1.29 is 9.59 Å². The molecule has 0 saturated carbocycles. The maximum absolute atomic E-state index is 10.5. The van der Waals surface area contributed by atoms with Gasteiger partial charge in [-0.25, -0.2) is 0 Å². The molecule has 0 aromatic heterocycles. The fraction of sp³-hybridized carbons (Fsp3) is 0.600. The van der Waals surface area contributed by atoms with E-state index in [1.165, 1.54) is 0 Å². The van der Waals surface area contributed by atoms with Gasteiger partial charge in [0.1, 0.15) is 0 Å². The normalized spacial score (nSPS) is 21.5. The van der Waals surface area contributed by atoms with Crippen molar-refractivity contribution in [2.75, 3.05) is 0 Å². The molecule has 0 radical (unpaired) electrons. The zero-order valence-electron chi connectivity index (χ0n) is 4.35. The molecule has 1 aliphatic rings. The predicted molar refractivity (Wildman–Crippen MR) is 30.0 cm³/mol. The molecule has 1 rings (SSSR count). The summed E-state index contributed by atoms with van der Waals surface area (Å²) >= 11 is -0.218. The van der Waals surface area contributed by atoms with Gasteiger partial charge in [0.15, 0.2) is 0 Å². The Morgan fingerprint density at radius 2 is 1.62 bits per heavy atom. The zero-order valence-corrected chi connectivity index (χ0v) is 6.68. The molecule has 0 spiro atoms. The van der Waals surface area contributed by atoms with Gasteiger partial charge in [0.05, 0.1) is 0 Å². The molecule has 0 atom stereocenters. The number of rotatable bonds is 0. The van der Waals surface area contributed by atoms with Crippen molar-refractivity contribution in [2.24, 2.45) is 0 Å². The van der Waals surface area contributed by atoms with Gasteiger partial charge >= 0.3 is 57.4 Å². The average molecular weight is 226 g/mol. The first-order valence-electron chi connectivity index (χ1n) is 2.40. The van der Waals surface area contributed by atoms with E-state index in [1.54, 1.807) is 0 Å². The number of hydrogen-bond donors (Lipinski definition) is 0. The van der Waals surface area contributed by atoms with E-state index in [1.807, 2.05) is 0 Å². The molecule has 44 valence electrons. The Labute approximate surface area is 57.7 Å². The standard InChI is InChI=1S/C5H6O2Te/c6-4-1-5(7)3-8-2-4/h1-3H2. The first-order valence-corrected chi connectivity index (χ1v) is 5.70. The monoisotopic (exact) mass is 228 g/mol. The van der Waals surface area contributed by atoms with E-state index in [0.29, 0.717) is 0 Å². The quantitative estimate of drug-likeness (QED) is 0.432. The van der Waals surface area contributed by atoms with Crippen LogP contribution in [0.4, 0.5) is 0 Å². The van der Waals surface area contributed by atoms with Crippen LogP contribution in [0.5, 0.6) is 0 Å². The minimum absolute atomic E-state index is 0.170. The van der Waals surface area contributed by atoms with E-state index in [4.69, 9.17) is 0 Å². The second kappa shape index (κ2) is 2.61. The van der Waals surface area contributed by atoms with E-state index in [0.717, 1.165) is 8.94 Å². The van der Waals surface area contributed by atoms with Crippen molar-refractivity contribution in [2.45, 2.75) is 15.4 Å². The fourth-order valence-corrected chi connectivity index (χ4v) is 2.77. The van der Waals surface area contributed by atoms with Gasteiger partial charge in [-0.15, -0.1) is 0 Å². The molecule has 1 heterocycles. The van der Waals surface area contributed by atoms with Crippen molar-refractivity contribution in [1.29, 1.82) is 0 Å². The summed E-state index contributed by atoms with van der Waals surface area (Å²) in [6.07, 6.45) is 0.227. The number of ketones is 2. The molecule has 2 nitrogen and oxygen atoms in total. The molecule has 0 bridgehead atoms. The van der Waals surface area contributed by atoms with E-state index < -0.39 is 0 Å². The van der Waals surface area contributed by atoms with Gasteiger partial charge in [-0.2, -0.15) is 0 Å². The van der Waals surface area contributed by atoms with Crippen LogP contribution >= 0.6 is 0 Å². The molecule has 1 fully saturated rings. The van der Waals surface area contributed by atoms with E-state index in [-0.39, 0.29) is 38.9 Å². The van der Waals surface area contributed by atoms with Gasteiger partial charge in [-0.3, -0.25) is 0 Å². The zero-order chi connectivity index (χ0) is 5.98. The van der Waals surface area contributed by atoms with Crippen LogP contribution in [0, 0.1) is 0 Å². The van der Waals surface area contributed by atoms with Crippen LogP contribution in [-0.4, -0.2) is 32.5 Å². The first-order chi connectivity index (χ1) is 3.79. The molecule has 3 heteroatoms. The van der Waals surface area contributed by atoms with Crippen molar-refractivity contribution in [1.82, 2.24) is 0 Å². The van der Waals surface area contributed by atoms with Crippen molar-refractivity contribution in [3.8, 4) is 0 Å². The maximum atomic E-state index is 10.5. The van der Waals surface area contributed by atoms with Gasteiger partial charge in [-0.05, 0) is 0 Å². The Balaban J connectivity index is 2.45. The topological polar surface area (TPSA) is 34.1 Å². The molecular weight excluding hydrogens is 220 g/mol. The van der Waals surface area contributed by atoms with E-state index >= 15 is 0 Å². The molecule has 1 saturated heterocycles. The van der Waals surface area contributed by atoms with Crippen LogP contribution < -0.4 is 0 Å². The summed E-state index contributed by atoms with van der Waals surface area (Å²) in [5, 5.41) is 0. The summed E-state index contributed by atoms with van der Waals surface area (Å²) in [6.45, 7) is 0. The van der Waals surface area contributed by atoms with Crippen molar-refractivity contribution >= 4 is 32.5 Å². The molecule has 8 heavy (non-hydrogen) atoms. The summed E-state index contributed by atoms with van der Waals surface area (Å²) in [4.78, 5) is 21.0. The van der Waals surface area contributed by atoms with Gasteiger partial charge in [0.25, 0.3) is 0 Å². The molecule has 0 aromatic carbocycles. The number of carbonyl (C=O) groups excluding carboxylic acids is 2. The van der Waals surface area contributed by atoms with Gasteiger partial charge in [0.2, 0.25) is 0 Å². The predicted octanol–water partition coefficient (Wildman–Crippen LogP) is 0.0691. The third-order valence-electron chi connectivity index (χ3n) is 0.920. The summed E-state index contributed by atoms with van der Waals surface area (Å²) in [5.41, 5.74) is 0. The van der Waals surface area contributed by atoms with E-state index in [2.05, 4.69) is 0 Å². The molecule has 0 N–H and O–H groups in total. The second-order valence-corrected chi connectivity index (χ2v) is 4.56.